The van der Waals surface area contributed by atoms with Crippen molar-refractivity contribution in [2.24, 2.45) is 0 Å². The van der Waals surface area contributed by atoms with E-state index in [1.165, 1.54) is 14.2 Å². The Balaban J connectivity index is 1.37. The van der Waals surface area contributed by atoms with Crippen molar-refractivity contribution in [3.05, 3.63) is 59.7 Å². The zero-order valence-corrected chi connectivity index (χ0v) is 20.7. The van der Waals surface area contributed by atoms with Gasteiger partial charge in [0.05, 0.1) is 14.2 Å². The molecule has 0 spiro atoms. The summed E-state index contributed by atoms with van der Waals surface area (Å²) in [5.74, 6) is -0.231. The van der Waals surface area contributed by atoms with Crippen molar-refractivity contribution >= 4 is 11.9 Å². The van der Waals surface area contributed by atoms with Crippen molar-refractivity contribution in [2.45, 2.75) is 12.2 Å². The molecule has 0 amide bonds. The molecule has 2 aromatic rings. The lowest BCUT2D eigenvalue weighted by Crippen LogP contribution is -2.51. The molecule has 2 aromatic carbocycles. The first kappa shape index (κ1) is 27.4. The van der Waals surface area contributed by atoms with Gasteiger partial charge in [-0.1, -0.05) is 24.3 Å². The Bertz CT molecular complexity index is 914. The topological polar surface area (TPSA) is 118 Å². The summed E-state index contributed by atoms with van der Waals surface area (Å²) in [5.41, 5.74) is 0.634. The second kappa shape index (κ2) is 13.8. The van der Waals surface area contributed by atoms with E-state index in [9.17, 15) is 19.8 Å². The van der Waals surface area contributed by atoms with Gasteiger partial charge < -0.3 is 29.2 Å². The minimum absolute atomic E-state index is 0.0529. The van der Waals surface area contributed by atoms with Crippen LogP contribution in [0.5, 0.6) is 11.5 Å². The molecule has 0 aromatic heterocycles. The van der Waals surface area contributed by atoms with Crippen LogP contribution >= 0.6 is 0 Å². The smallest absolute Gasteiger partial charge is 0.341 e. The molecular weight excluding hydrogens is 468 g/mol. The van der Waals surface area contributed by atoms with Crippen LogP contribution in [0.3, 0.4) is 0 Å². The predicted molar refractivity (Wildman–Crippen MR) is 131 cm³/mol. The summed E-state index contributed by atoms with van der Waals surface area (Å²) in [6.07, 6.45) is -1.45. The predicted octanol–water partition coefficient (Wildman–Crippen LogP) is 1.06. The number of esters is 2. The molecule has 1 aliphatic rings. The van der Waals surface area contributed by atoms with E-state index in [0.717, 1.165) is 26.2 Å². The number of carbonyl (C=O) groups excluding carboxylic acids is 2. The highest BCUT2D eigenvalue weighted by Crippen LogP contribution is 2.20. The maximum Gasteiger partial charge on any atom is 0.341 e. The van der Waals surface area contributed by atoms with E-state index < -0.39 is 24.1 Å². The van der Waals surface area contributed by atoms with E-state index in [0.29, 0.717) is 35.7 Å². The summed E-state index contributed by atoms with van der Waals surface area (Å²) in [5, 5.41) is 20.9. The lowest BCUT2D eigenvalue weighted by atomic mass is 10.2. The molecule has 2 N–H and O–H groups in total. The number of β-amino-alcohol motifs (C(OH)–C–C–N with tert-alkyl or cyclic N) is 2. The van der Waals surface area contributed by atoms with Crippen LogP contribution in [-0.2, 0) is 9.47 Å². The summed E-state index contributed by atoms with van der Waals surface area (Å²) >= 11 is 0. The first-order valence-electron chi connectivity index (χ1n) is 11.8. The van der Waals surface area contributed by atoms with Gasteiger partial charge in [0.2, 0.25) is 0 Å². The quantitative estimate of drug-likeness (QED) is 0.408. The second-order valence-electron chi connectivity index (χ2n) is 8.51. The highest BCUT2D eigenvalue weighted by molar-refractivity contribution is 5.92. The molecule has 0 aliphatic carbocycles. The number of carbonyl (C=O) groups is 2. The van der Waals surface area contributed by atoms with Gasteiger partial charge in [-0.05, 0) is 24.3 Å². The van der Waals surface area contributed by atoms with E-state index in [2.05, 4.69) is 9.80 Å². The first-order valence-corrected chi connectivity index (χ1v) is 11.8. The molecule has 0 saturated carbocycles. The standard InChI is InChI=1S/C26H34N2O8/c1-33-25(31)21-7-3-5-9-23(21)35-17-19(29)15-27-11-13-28(14-12-27)16-20(30)18-36-24-10-6-4-8-22(24)26(32)34-2/h3-10,19-20,29-30H,11-18H2,1-2H3. The van der Waals surface area contributed by atoms with Gasteiger partial charge >= 0.3 is 11.9 Å². The van der Waals surface area contributed by atoms with E-state index >= 15 is 0 Å². The monoisotopic (exact) mass is 502 g/mol. The van der Waals surface area contributed by atoms with Crippen molar-refractivity contribution in [1.82, 2.24) is 9.80 Å². The number of ether oxygens (including phenoxy) is 4. The van der Waals surface area contributed by atoms with Gasteiger partial charge in [0.25, 0.3) is 0 Å². The van der Waals surface area contributed by atoms with Crippen molar-refractivity contribution in [1.29, 1.82) is 0 Å². The first-order chi connectivity index (χ1) is 17.4. The molecule has 36 heavy (non-hydrogen) atoms. The summed E-state index contributed by atoms with van der Waals surface area (Å²) in [4.78, 5) is 28.0. The zero-order chi connectivity index (χ0) is 25.9. The van der Waals surface area contributed by atoms with Crippen LogP contribution in [0.1, 0.15) is 20.7 Å². The Morgan fingerprint density at radius 3 is 1.44 bits per heavy atom. The molecule has 10 nitrogen and oxygen atoms in total. The number of piperazine rings is 1. The summed E-state index contributed by atoms with van der Waals surface area (Å²) in [6.45, 7) is 3.90. The maximum atomic E-state index is 11.8. The number of hydrogen-bond acceptors (Lipinski definition) is 10. The number of rotatable bonds is 12. The Labute approximate surface area is 210 Å². The Morgan fingerprint density at radius 2 is 1.08 bits per heavy atom. The zero-order valence-electron chi connectivity index (χ0n) is 20.7. The average molecular weight is 503 g/mol. The van der Waals surface area contributed by atoms with Crippen molar-refractivity contribution < 1.29 is 38.7 Å². The molecular formula is C26H34N2O8. The molecule has 1 heterocycles. The number of hydrogen-bond donors (Lipinski definition) is 2. The van der Waals surface area contributed by atoms with Gasteiger partial charge in [-0.15, -0.1) is 0 Å². The summed E-state index contributed by atoms with van der Waals surface area (Å²) in [6, 6.07) is 13.5. The molecule has 196 valence electrons. The third-order valence-electron chi connectivity index (χ3n) is 5.85. The third-order valence-corrected chi connectivity index (χ3v) is 5.85. The molecule has 0 radical (unpaired) electrons. The van der Waals surface area contributed by atoms with Crippen LogP contribution in [0, 0.1) is 0 Å². The molecule has 1 fully saturated rings. The van der Waals surface area contributed by atoms with Gasteiger partial charge in [-0.2, -0.15) is 0 Å². The average Bonchev–Trinajstić information content (AvgIpc) is 2.91. The number of benzene rings is 2. The number of methoxy groups -OCH3 is 2. The maximum absolute atomic E-state index is 11.8. The number of para-hydroxylation sites is 2. The normalized spacial score (nSPS) is 16.1. The Hall–Kier alpha value is -3.18. The van der Waals surface area contributed by atoms with E-state index in [4.69, 9.17) is 18.9 Å². The second-order valence-corrected chi connectivity index (χ2v) is 8.51. The highest BCUT2D eigenvalue weighted by Gasteiger charge is 2.22. The molecule has 3 rings (SSSR count). The van der Waals surface area contributed by atoms with Crippen LogP contribution in [0.4, 0.5) is 0 Å². The van der Waals surface area contributed by atoms with Crippen LogP contribution in [0.15, 0.2) is 48.5 Å². The van der Waals surface area contributed by atoms with Gasteiger partial charge in [-0.25, -0.2) is 9.59 Å². The molecule has 2 atom stereocenters. The van der Waals surface area contributed by atoms with Crippen molar-refractivity contribution in [3.63, 3.8) is 0 Å². The number of aliphatic hydroxyl groups excluding tert-OH is 2. The minimum Gasteiger partial charge on any atom is -0.490 e. The number of nitrogens with zero attached hydrogens (tertiary/aromatic N) is 2. The SMILES string of the molecule is COC(=O)c1ccccc1OCC(O)CN1CCN(CC(O)COc2ccccc2C(=O)OC)CC1. The minimum atomic E-state index is -0.726. The van der Waals surface area contributed by atoms with Gasteiger partial charge in [0.15, 0.2) is 0 Å². The fourth-order valence-electron chi connectivity index (χ4n) is 3.97. The number of aliphatic hydroxyl groups is 2. The Morgan fingerprint density at radius 1 is 0.722 bits per heavy atom. The molecule has 1 aliphatic heterocycles. The third kappa shape index (κ3) is 7.92. The van der Waals surface area contributed by atoms with Gasteiger partial charge in [0.1, 0.15) is 48.0 Å². The Kier molecular flexibility index (Phi) is 10.5. The lowest BCUT2D eigenvalue weighted by molar-refractivity contribution is 0.0235. The van der Waals surface area contributed by atoms with Crippen LogP contribution in [0.2, 0.25) is 0 Å². The van der Waals surface area contributed by atoms with Gasteiger partial charge in [-0.3, -0.25) is 9.80 Å². The van der Waals surface area contributed by atoms with Crippen molar-refractivity contribution in [2.75, 3.05) is 66.7 Å². The van der Waals surface area contributed by atoms with Crippen LogP contribution in [0.25, 0.3) is 0 Å². The van der Waals surface area contributed by atoms with Gasteiger partial charge in [0, 0.05) is 39.3 Å². The fourth-order valence-corrected chi connectivity index (χ4v) is 3.97. The van der Waals surface area contributed by atoms with Crippen LogP contribution in [-0.4, -0.2) is 111 Å². The van der Waals surface area contributed by atoms with E-state index in [-0.39, 0.29) is 13.2 Å². The van der Waals surface area contributed by atoms with Crippen molar-refractivity contribution in [3.8, 4) is 11.5 Å². The van der Waals surface area contributed by atoms with E-state index in [1.54, 1.807) is 48.5 Å². The summed E-state index contributed by atoms with van der Waals surface area (Å²) < 4.78 is 20.9. The molecule has 0 bridgehead atoms. The van der Waals surface area contributed by atoms with E-state index in [1.807, 2.05) is 0 Å². The molecule has 10 heteroatoms. The fraction of sp³-hybridized carbons (Fsp3) is 0.462. The molecule has 1 saturated heterocycles. The lowest BCUT2D eigenvalue weighted by Gasteiger charge is -2.36. The summed E-state index contributed by atoms with van der Waals surface area (Å²) in [7, 11) is 2.62. The van der Waals surface area contributed by atoms with Crippen LogP contribution < -0.4 is 9.47 Å². The molecule has 2 unspecified atom stereocenters. The highest BCUT2D eigenvalue weighted by atomic mass is 16.5. The largest absolute Gasteiger partial charge is 0.490 e.